The third-order valence-electron chi connectivity index (χ3n) is 1.63. The summed E-state index contributed by atoms with van der Waals surface area (Å²) in [6.45, 7) is 0. The molecule has 14 heavy (non-hydrogen) atoms. The minimum absolute atomic E-state index is 0.143. The number of methoxy groups -OCH3 is 1. The van der Waals surface area contributed by atoms with Crippen LogP contribution >= 0.6 is 25.3 Å². The summed E-state index contributed by atoms with van der Waals surface area (Å²) < 4.78 is 4.22. The van der Waals surface area contributed by atoms with Crippen molar-refractivity contribution < 1.29 is 9.53 Å². The third-order valence-corrected chi connectivity index (χ3v) is 2.12. The van der Waals surface area contributed by atoms with E-state index in [1.165, 1.54) is 13.4 Å². The molecule has 0 bridgehead atoms. The molecular formula is C8H10N2O2S2. The highest BCUT2D eigenvalue weighted by molar-refractivity contribution is 7.98. The lowest BCUT2D eigenvalue weighted by molar-refractivity contribution is -0.139. The first-order valence-corrected chi connectivity index (χ1v) is 4.90. The number of carbonyl (C=O) groups excluding carboxylic acids is 1. The van der Waals surface area contributed by atoms with Crippen LogP contribution in [-0.4, -0.2) is 23.0 Å². The topological polar surface area (TPSA) is 52.1 Å². The monoisotopic (exact) mass is 230 g/mol. The molecule has 0 aliphatic heterocycles. The molecule has 0 fully saturated rings. The Kier molecular flexibility index (Phi) is 4.21. The van der Waals surface area contributed by atoms with E-state index in [9.17, 15) is 4.79 Å². The largest absolute Gasteiger partial charge is 0.469 e. The van der Waals surface area contributed by atoms with Crippen LogP contribution in [0.25, 0.3) is 0 Å². The van der Waals surface area contributed by atoms with Gasteiger partial charge in [0, 0.05) is 11.8 Å². The Hall–Kier alpha value is -0.750. The van der Waals surface area contributed by atoms with Crippen molar-refractivity contribution >= 4 is 31.2 Å². The molecule has 1 rings (SSSR count). The highest BCUT2D eigenvalue weighted by atomic mass is 32.2. The molecule has 0 unspecified atom stereocenters. The van der Waals surface area contributed by atoms with Crippen LogP contribution in [0.3, 0.4) is 0 Å². The van der Waals surface area contributed by atoms with Gasteiger partial charge in [-0.15, -0.1) is 0 Å². The summed E-state index contributed by atoms with van der Waals surface area (Å²) in [5.74, 6) is -0.330. The molecule has 4 nitrogen and oxygen atoms in total. The number of esters is 1. The smallest absolute Gasteiger partial charge is 0.310 e. The number of ether oxygens (including phenoxy) is 1. The minimum Gasteiger partial charge on any atom is -0.469 e. The highest BCUT2D eigenvalue weighted by Crippen LogP contribution is 2.24. The van der Waals surface area contributed by atoms with Crippen molar-refractivity contribution in [1.29, 1.82) is 0 Å². The van der Waals surface area contributed by atoms with Crippen LogP contribution in [0.1, 0.15) is 15.8 Å². The molecule has 76 valence electrons. The van der Waals surface area contributed by atoms with Gasteiger partial charge in [0.05, 0.1) is 23.8 Å². The Bertz CT molecular complexity index is 331. The van der Waals surface area contributed by atoms with Crippen molar-refractivity contribution in [1.82, 2.24) is 9.97 Å². The van der Waals surface area contributed by atoms with E-state index in [4.69, 9.17) is 0 Å². The van der Waals surface area contributed by atoms with Crippen LogP contribution < -0.4 is 0 Å². The average Bonchev–Trinajstić information content (AvgIpc) is 2.18. The van der Waals surface area contributed by atoms with E-state index in [1.807, 2.05) is 0 Å². The third kappa shape index (κ3) is 2.88. The SMILES string of the molecule is COC(=O)Cc1cncnc1C(S)S. The lowest BCUT2D eigenvalue weighted by Crippen LogP contribution is -2.08. The zero-order valence-electron chi connectivity index (χ0n) is 7.54. The zero-order chi connectivity index (χ0) is 10.6. The van der Waals surface area contributed by atoms with Crippen molar-refractivity contribution in [2.75, 3.05) is 7.11 Å². The van der Waals surface area contributed by atoms with Crippen LogP contribution in [-0.2, 0) is 16.0 Å². The van der Waals surface area contributed by atoms with Gasteiger partial charge in [0.25, 0.3) is 0 Å². The second kappa shape index (κ2) is 5.21. The number of aromatic nitrogens is 2. The van der Waals surface area contributed by atoms with Crippen molar-refractivity contribution in [2.45, 2.75) is 11.0 Å². The first-order valence-electron chi connectivity index (χ1n) is 3.87. The summed E-state index contributed by atoms with van der Waals surface area (Å²) in [5, 5.41) is 0. The summed E-state index contributed by atoms with van der Waals surface area (Å²) in [4.78, 5) is 18.9. The molecule has 0 saturated heterocycles. The van der Waals surface area contributed by atoms with Crippen LogP contribution in [0.2, 0.25) is 0 Å². The fourth-order valence-electron chi connectivity index (χ4n) is 0.964. The van der Waals surface area contributed by atoms with Gasteiger partial charge < -0.3 is 4.74 Å². The molecule has 0 spiro atoms. The van der Waals surface area contributed by atoms with E-state index in [0.29, 0.717) is 11.3 Å². The fraction of sp³-hybridized carbons (Fsp3) is 0.375. The molecule has 0 saturated carbocycles. The van der Waals surface area contributed by atoms with Crippen molar-refractivity contribution in [3.05, 3.63) is 23.8 Å². The molecule has 0 amide bonds. The zero-order valence-corrected chi connectivity index (χ0v) is 9.33. The number of hydrogen-bond acceptors (Lipinski definition) is 6. The predicted octanol–water partition coefficient (Wildman–Crippen LogP) is 1.05. The lowest BCUT2D eigenvalue weighted by Gasteiger charge is -2.07. The average molecular weight is 230 g/mol. The molecule has 0 atom stereocenters. The minimum atomic E-state index is -0.330. The maximum Gasteiger partial charge on any atom is 0.310 e. The predicted molar refractivity (Wildman–Crippen MR) is 58.5 cm³/mol. The Balaban J connectivity index is 2.90. The summed E-state index contributed by atoms with van der Waals surface area (Å²) in [7, 11) is 1.34. The molecule has 0 aliphatic rings. The van der Waals surface area contributed by atoms with Gasteiger partial charge in [-0.05, 0) is 0 Å². The first-order chi connectivity index (χ1) is 6.65. The Labute approximate surface area is 92.9 Å². The molecule has 0 aliphatic carbocycles. The summed E-state index contributed by atoms with van der Waals surface area (Å²) >= 11 is 8.26. The van der Waals surface area contributed by atoms with Gasteiger partial charge in [0.1, 0.15) is 6.33 Å². The van der Waals surface area contributed by atoms with E-state index in [0.717, 1.165) is 0 Å². The van der Waals surface area contributed by atoms with Gasteiger partial charge in [-0.25, -0.2) is 9.97 Å². The normalized spacial score (nSPS) is 10.3. The number of hydrogen-bond donors (Lipinski definition) is 2. The molecule has 1 aromatic heterocycles. The molecule has 1 aromatic rings. The van der Waals surface area contributed by atoms with Gasteiger partial charge in [-0.1, -0.05) is 0 Å². The van der Waals surface area contributed by atoms with Gasteiger partial charge in [-0.3, -0.25) is 4.79 Å². The Morgan fingerprint density at radius 3 is 2.93 bits per heavy atom. The fourth-order valence-corrected chi connectivity index (χ4v) is 1.43. The Morgan fingerprint density at radius 1 is 1.64 bits per heavy atom. The van der Waals surface area contributed by atoms with Crippen molar-refractivity contribution in [3.8, 4) is 0 Å². The van der Waals surface area contributed by atoms with E-state index in [2.05, 4.69) is 40.0 Å². The molecule has 1 heterocycles. The van der Waals surface area contributed by atoms with Crippen molar-refractivity contribution in [3.63, 3.8) is 0 Å². The maximum atomic E-state index is 11.0. The van der Waals surface area contributed by atoms with Gasteiger partial charge in [-0.2, -0.15) is 25.3 Å². The van der Waals surface area contributed by atoms with Gasteiger partial charge in [0.2, 0.25) is 0 Å². The summed E-state index contributed by atoms with van der Waals surface area (Å²) in [6, 6.07) is 0. The van der Waals surface area contributed by atoms with E-state index in [1.54, 1.807) is 6.20 Å². The first kappa shape index (κ1) is 11.3. The van der Waals surface area contributed by atoms with E-state index >= 15 is 0 Å². The van der Waals surface area contributed by atoms with Gasteiger partial charge >= 0.3 is 5.97 Å². The van der Waals surface area contributed by atoms with Crippen molar-refractivity contribution in [2.24, 2.45) is 0 Å². The van der Waals surface area contributed by atoms with Crippen LogP contribution in [0.15, 0.2) is 12.5 Å². The van der Waals surface area contributed by atoms with Gasteiger partial charge in [0.15, 0.2) is 0 Å². The standard InChI is InChI=1S/C8H10N2O2S2/c1-12-6(11)2-5-3-9-4-10-7(5)8(13)14/h3-4,8,13-14H,2H2,1H3. The molecule has 0 aromatic carbocycles. The Morgan fingerprint density at radius 2 is 2.36 bits per heavy atom. The second-order valence-corrected chi connectivity index (χ2v) is 4.00. The number of rotatable bonds is 3. The quantitative estimate of drug-likeness (QED) is 0.463. The molecule has 6 heteroatoms. The van der Waals surface area contributed by atoms with Crippen LogP contribution in [0.4, 0.5) is 0 Å². The number of nitrogens with zero attached hydrogens (tertiary/aromatic N) is 2. The lowest BCUT2D eigenvalue weighted by atomic mass is 10.2. The van der Waals surface area contributed by atoms with E-state index < -0.39 is 0 Å². The van der Waals surface area contributed by atoms with E-state index in [-0.39, 0.29) is 17.0 Å². The highest BCUT2D eigenvalue weighted by Gasteiger charge is 2.12. The molecule has 0 N–H and O–H groups in total. The maximum absolute atomic E-state index is 11.0. The summed E-state index contributed by atoms with van der Waals surface area (Å²) in [5.41, 5.74) is 1.33. The molecule has 0 radical (unpaired) electrons. The van der Waals surface area contributed by atoms with Crippen LogP contribution in [0.5, 0.6) is 0 Å². The van der Waals surface area contributed by atoms with Crippen LogP contribution in [0, 0.1) is 0 Å². The second-order valence-electron chi connectivity index (χ2n) is 2.56. The summed E-state index contributed by atoms with van der Waals surface area (Å²) in [6.07, 6.45) is 3.11. The number of carbonyl (C=O) groups is 1. The molecular weight excluding hydrogens is 220 g/mol. The number of thiol groups is 2.